The second kappa shape index (κ2) is 9.30. The van der Waals surface area contributed by atoms with Crippen molar-refractivity contribution in [3.8, 4) is 0 Å². The Morgan fingerprint density at radius 2 is 1.75 bits per heavy atom. The van der Waals surface area contributed by atoms with Gasteiger partial charge in [-0.1, -0.05) is 36.4 Å². The van der Waals surface area contributed by atoms with Crippen molar-refractivity contribution in [3.05, 3.63) is 58.3 Å². The Bertz CT molecular complexity index is 568. The van der Waals surface area contributed by atoms with Crippen LogP contribution in [-0.2, 0) is 17.9 Å². The van der Waals surface area contributed by atoms with E-state index in [1.54, 1.807) is 0 Å². The van der Waals surface area contributed by atoms with Crippen molar-refractivity contribution in [2.24, 2.45) is 0 Å². The number of hydrogen-bond donors (Lipinski definition) is 1. The molecule has 0 bridgehead atoms. The van der Waals surface area contributed by atoms with Crippen molar-refractivity contribution in [1.29, 1.82) is 0 Å². The summed E-state index contributed by atoms with van der Waals surface area (Å²) in [5.41, 5.74) is 1.15. The maximum atomic E-state index is 10.2. The van der Waals surface area contributed by atoms with Crippen molar-refractivity contribution < 1.29 is 9.84 Å². The average molecular weight is 346 g/mol. The zero-order valence-corrected chi connectivity index (χ0v) is 14.8. The second-order valence-corrected chi connectivity index (χ2v) is 7.34. The molecule has 5 heteroatoms. The number of hydrogen-bond acceptors (Lipinski definition) is 5. The fourth-order valence-corrected chi connectivity index (χ4v) is 3.74. The van der Waals surface area contributed by atoms with E-state index in [2.05, 4.69) is 27.3 Å². The molecule has 24 heavy (non-hydrogen) atoms. The zero-order chi connectivity index (χ0) is 16.6. The lowest BCUT2D eigenvalue weighted by molar-refractivity contribution is 0.000942. The van der Waals surface area contributed by atoms with Crippen molar-refractivity contribution >= 4 is 11.3 Å². The van der Waals surface area contributed by atoms with Gasteiger partial charge in [0.2, 0.25) is 0 Å². The molecular weight excluding hydrogens is 320 g/mol. The summed E-state index contributed by atoms with van der Waals surface area (Å²) >= 11 is 1.82. The summed E-state index contributed by atoms with van der Waals surface area (Å²) in [6.45, 7) is 6.86. The molecule has 2 heterocycles. The van der Waals surface area contributed by atoms with Crippen LogP contribution in [-0.4, -0.2) is 60.3 Å². The van der Waals surface area contributed by atoms with Gasteiger partial charge in [0.15, 0.2) is 0 Å². The van der Waals surface area contributed by atoms with E-state index in [1.807, 2.05) is 41.7 Å². The van der Waals surface area contributed by atoms with Gasteiger partial charge in [-0.25, -0.2) is 0 Å². The summed E-state index contributed by atoms with van der Waals surface area (Å²) in [5, 5.41) is 12.3. The van der Waals surface area contributed by atoms with Crippen LogP contribution in [0.3, 0.4) is 0 Å². The topological polar surface area (TPSA) is 35.9 Å². The number of β-amino-alcohol motifs (C(OH)–C–C–N with tert-alkyl or cyclic N) is 1. The van der Waals surface area contributed by atoms with Crippen molar-refractivity contribution in [2.75, 3.05) is 39.3 Å². The van der Waals surface area contributed by atoms with E-state index < -0.39 is 6.10 Å². The monoisotopic (exact) mass is 346 g/mol. The lowest BCUT2D eigenvalue weighted by atomic mass is 10.2. The third kappa shape index (κ3) is 5.69. The predicted octanol–water partition coefficient (Wildman–Crippen LogP) is 2.44. The Balaban J connectivity index is 1.30. The fraction of sp³-hybridized carbons (Fsp3) is 0.474. The third-order valence-electron chi connectivity index (χ3n) is 4.32. The van der Waals surface area contributed by atoms with Gasteiger partial charge in [-0.15, -0.1) is 11.3 Å². The van der Waals surface area contributed by atoms with E-state index in [0.717, 1.165) is 38.3 Å². The maximum Gasteiger partial charge on any atom is 0.0900 e. The molecule has 130 valence electrons. The molecule has 0 aliphatic carbocycles. The SMILES string of the molecule is OC(COCc1ccccc1)CN1CCN(Cc2cccs2)CC1. The molecule has 0 radical (unpaired) electrons. The Kier molecular flexibility index (Phi) is 6.81. The Labute approximate surface area is 148 Å². The molecule has 1 unspecified atom stereocenters. The molecule has 1 saturated heterocycles. The highest BCUT2D eigenvalue weighted by Gasteiger charge is 2.19. The highest BCUT2D eigenvalue weighted by molar-refractivity contribution is 7.09. The first kappa shape index (κ1) is 17.6. The van der Waals surface area contributed by atoms with Crippen molar-refractivity contribution in [2.45, 2.75) is 19.3 Å². The predicted molar refractivity (Wildman–Crippen MR) is 98.1 cm³/mol. The number of benzene rings is 1. The second-order valence-electron chi connectivity index (χ2n) is 6.31. The van der Waals surface area contributed by atoms with Crippen molar-refractivity contribution in [3.63, 3.8) is 0 Å². The van der Waals surface area contributed by atoms with E-state index >= 15 is 0 Å². The highest BCUT2D eigenvalue weighted by Crippen LogP contribution is 2.13. The van der Waals surface area contributed by atoms with Gasteiger partial charge in [-0.2, -0.15) is 0 Å². The first-order valence-corrected chi connectivity index (χ1v) is 9.44. The minimum absolute atomic E-state index is 0.393. The number of rotatable bonds is 8. The average Bonchev–Trinajstić information content (AvgIpc) is 3.11. The Morgan fingerprint density at radius 1 is 1.00 bits per heavy atom. The number of aliphatic hydroxyl groups is 1. The first-order chi connectivity index (χ1) is 11.8. The summed E-state index contributed by atoms with van der Waals surface area (Å²) in [5.74, 6) is 0. The number of ether oxygens (including phenoxy) is 1. The van der Waals surface area contributed by atoms with Crippen LogP contribution in [0.4, 0.5) is 0 Å². The molecule has 1 aromatic heterocycles. The molecule has 1 fully saturated rings. The third-order valence-corrected chi connectivity index (χ3v) is 5.18. The van der Waals surface area contributed by atoms with E-state index in [4.69, 9.17) is 4.74 Å². The molecule has 4 nitrogen and oxygen atoms in total. The Morgan fingerprint density at radius 3 is 2.46 bits per heavy atom. The lowest BCUT2D eigenvalue weighted by Crippen LogP contribution is -2.48. The summed E-state index contributed by atoms with van der Waals surface area (Å²) in [6.07, 6.45) is -0.419. The summed E-state index contributed by atoms with van der Waals surface area (Å²) in [4.78, 5) is 6.25. The van der Waals surface area contributed by atoms with Gasteiger partial charge >= 0.3 is 0 Å². The molecule has 1 aliphatic heterocycles. The number of piperazine rings is 1. The van der Waals surface area contributed by atoms with Crippen LogP contribution >= 0.6 is 11.3 Å². The van der Waals surface area contributed by atoms with Crippen LogP contribution < -0.4 is 0 Å². The van der Waals surface area contributed by atoms with Gasteiger partial charge in [-0.05, 0) is 17.0 Å². The van der Waals surface area contributed by atoms with Crippen LogP contribution in [0.25, 0.3) is 0 Å². The van der Waals surface area contributed by atoms with Gasteiger partial charge in [-0.3, -0.25) is 9.80 Å². The molecule has 3 rings (SSSR count). The number of aliphatic hydroxyl groups excluding tert-OH is 1. The Hall–Kier alpha value is -1.24. The molecule has 2 aromatic rings. The molecule has 1 aromatic carbocycles. The molecular formula is C19H26N2O2S. The largest absolute Gasteiger partial charge is 0.389 e. The van der Waals surface area contributed by atoms with Gasteiger partial charge in [0, 0.05) is 44.1 Å². The fourth-order valence-electron chi connectivity index (χ4n) is 2.99. The summed E-state index contributed by atoms with van der Waals surface area (Å²) in [7, 11) is 0. The first-order valence-electron chi connectivity index (χ1n) is 8.56. The van der Waals surface area contributed by atoms with Crippen LogP contribution in [0, 0.1) is 0 Å². The molecule has 1 atom stereocenters. The molecule has 0 amide bonds. The highest BCUT2D eigenvalue weighted by atomic mass is 32.1. The minimum atomic E-state index is -0.419. The number of nitrogens with zero attached hydrogens (tertiary/aromatic N) is 2. The summed E-state index contributed by atoms with van der Waals surface area (Å²) < 4.78 is 5.63. The van der Waals surface area contributed by atoms with E-state index in [-0.39, 0.29) is 0 Å². The lowest BCUT2D eigenvalue weighted by Gasteiger charge is -2.35. The summed E-state index contributed by atoms with van der Waals surface area (Å²) in [6, 6.07) is 14.4. The van der Waals surface area contributed by atoms with Crippen LogP contribution in [0.1, 0.15) is 10.4 Å². The zero-order valence-electron chi connectivity index (χ0n) is 14.0. The van der Waals surface area contributed by atoms with Gasteiger partial charge < -0.3 is 9.84 Å². The van der Waals surface area contributed by atoms with Crippen LogP contribution in [0.2, 0.25) is 0 Å². The van der Waals surface area contributed by atoms with Gasteiger partial charge in [0.05, 0.1) is 19.3 Å². The maximum absolute atomic E-state index is 10.2. The normalized spacial score (nSPS) is 17.9. The van der Waals surface area contributed by atoms with Crippen LogP contribution in [0.5, 0.6) is 0 Å². The standard InChI is InChI=1S/C19H26N2O2S/c22-18(16-23-15-17-5-2-1-3-6-17)13-20-8-10-21(11-9-20)14-19-7-4-12-24-19/h1-7,12,18,22H,8-11,13-16H2. The van der Waals surface area contributed by atoms with E-state index in [0.29, 0.717) is 19.8 Å². The molecule has 0 spiro atoms. The van der Waals surface area contributed by atoms with Crippen LogP contribution in [0.15, 0.2) is 47.8 Å². The van der Waals surface area contributed by atoms with Gasteiger partial charge in [0.25, 0.3) is 0 Å². The molecule has 0 saturated carbocycles. The quantitative estimate of drug-likeness (QED) is 0.796. The number of thiophene rings is 1. The molecule has 1 N–H and O–H groups in total. The molecule has 1 aliphatic rings. The van der Waals surface area contributed by atoms with E-state index in [9.17, 15) is 5.11 Å². The van der Waals surface area contributed by atoms with Gasteiger partial charge in [0.1, 0.15) is 0 Å². The minimum Gasteiger partial charge on any atom is -0.389 e. The van der Waals surface area contributed by atoms with E-state index in [1.165, 1.54) is 4.88 Å². The van der Waals surface area contributed by atoms with Crippen molar-refractivity contribution in [1.82, 2.24) is 9.80 Å². The smallest absolute Gasteiger partial charge is 0.0900 e.